The number of rotatable bonds is 0. The molecule has 1 atom stereocenters. The predicted octanol–water partition coefficient (Wildman–Crippen LogP) is 3.10. The molecule has 1 aliphatic rings. The van der Waals surface area contributed by atoms with Crippen LogP contribution >= 0.6 is 0 Å². The molecule has 74 valence electrons. The lowest BCUT2D eigenvalue weighted by Gasteiger charge is -2.34. The molecular formula is C10H25NSi. The third-order valence-corrected chi connectivity index (χ3v) is 7.64. The molecule has 1 aliphatic heterocycles. The number of hydrogen-bond donors (Lipinski definition) is 1. The lowest BCUT2D eigenvalue weighted by Crippen LogP contribution is -2.33. The Morgan fingerprint density at radius 2 is 1.67 bits per heavy atom. The van der Waals surface area contributed by atoms with Gasteiger partial charge in [-0.15, -0.1) is 0 Å². The highest BCUT2D eigenvalue weighted by atomic mass is 28.3. The molecule has 0 aromatic rings. The Morgan fingerprint density at radius 3 is 1.92 bits per heavy atom. The highest BCUT2D eigenvalue weighted by Crippen LogP contribution is 2.36. The summed E-state index contributed by atoms with van der Waals surface area (Å²) in [6.45, 7) is 7.53. The number of hydrogen-bond acceptors (Lipinski definition) is 1. The van der Waals surface area contributed by atoms with Gasteiger partial charge in [0.25, 0.3) is 0 Å². The van der Waals surface area contributed by atoms with E-state index in [4.69, 9.17) is 0 Å². The molecule has 0 spiro atoms. The summed E-state index contributed by atoms with van der Waals surface area (Å²) in [5, 5.41) is 2.75. The molecule has 0 saturated carbocycles. The molecule has 0 radical (unpaired) electrons. The topological polar surface area (TPSA) is 12.0 Å². The van der Waals surface area contributed by atoms with E-state index in [1.165, 1.54) is 19.3 Å². The van der Waals surface area contributed by atoms with Crippen LogP contribution in [0.15, 0.2) is 0 Å². The molecule has 12 heavy (non-hydrogen) atoms. The fourth-order valence-corrected chi connectivity index (χ4v) is 4.31. The normalized spacial score (nSPS) is 27.2. The second-order valence-corrected chi connectivity index (χ2v) is 10.1. The van der Waals surface area contributed by atoms with Crippen molar-refractivity contribution in [3.63, 3.8) is 0 Å². The Hall–Kier alpha value is 0.177. The molecular weight excluding hydrogens is 162 g/mol. The van der Waals surface area contributed by atoms with Gasteiger partial charge in [0, 0.05) is 0 Å². The van der Waals surface area contributed by atoms with Gasteiger partial charge in [-0.05, 0) is 19.6 Å². The van der Waals surface area contributed by atoms with E-state index < -0.39 is 8.07 Å². The van der Waals surface area contributed by atoms with E-state index >= 15 is 0 Å². The Labute approximate surface area is 79.0 Å². The zero-order chi connectivity index (χ0) is 9.61. The van der Waals surface area contributed by atoms with Crippen molar-refractivity contribution in [2.24, 2.45) is 0 Å². The lowest BCUT2D eigenvalue weighted by molar-refractivity contribution is 0.635. The summed E-state index contributed by atoms with van der Waals surface area (Å²) < 4.78 is 0. The van der Waals surface area contributed by atoms with Crippen LogP contribution in [-0.4, -0.2) is 22.2 Å². The Kier molecular flexibility index (Phi) is 5.84. The van der Waals surface area contributed by atoms with E-state index in [-0.39, 0.29) is 0 Å². The van der Waals surface area contributed by atoms with Gasteiger partial charge in [-0.3, -0.25) is 0 Å². The first-order valence-corrected chi connectivity index (χ1v) is 8.41. The van der Waals surface area contributed by atoms with Crippen LogP contribution < -0.4 is 5.32 Å². The van der Waals surface area contributed by atoms with Gasteiger partial charge in [0.2, 0.25) is 0 Å². The van der Waals surface area contributed by atoms with Crippen LogP contribution in [0.4, 0.5) is 0 Å². The summed E-state index contributed by atoms with van der Waals surface area (Å²) in [5.74, 6) is 0. The van der Waals surface area contributed by atoms with Crippen LogP contribution in [0.3, 0.4) is 0 Å². The van der Waals surface area contributed by atoms with E-state index in [1.54, 1.807) is 6.04 Å². The van der Waals surface area contributed by atoms with Crippen molar-refractivity contribution in [2.45, 2.75) is 50.9 Å². The summed E-state index contributed by atoms with van der Waals surface area (Å²) in [4.78, 5) is 0. The predicted molar refractivity (Wildman–Crippen MR) is 60.5 cm³/mol. The van der Waals surface area contributed by atoms with Crippen LogP contribution in [0.1, 0.15) is 26.2 Å². The average molecular weight is 187 g/mol. The van der Waals surface area contributed by atoms with Crippen LogP contribution in [-0.2, 0) is 0 Å². The third-order valence-electron chi connectivity index (χ3n) is 3.04. The van der Waals surface area contributed by atoms with E-state index in [0.29, 0.717) is 0 Å². The SMILES string of the molecule is CC1CCCC[Si]1(C)C.CNC. The van der Waals surface area contributed by atoms with Crippen LogP contribution in [0, 0.1) is 0 Å². The smallest absolute Gasteiger partial charge is 0.0502 e. The maximum Gasteiger partial charge on any atom is 0.0502 e. The highest BCUT2D eigenvalue weighted by Gasteiger charge is 2.30. The van der Waals surface area contributed by atoms with Crippen molar-refractivity contribution in [3.8, 4) is 0 Å². The summed E-state index contributed by atoms with van der Waals surface area (Å²) in [7, 11) is 3.06. The molecule has 1 nitrogen and oxygen atoms in total. The maximum absolute atomic E-state index is 2.75. The standard InChI is InChI=1S/C8H18Si.C2H7N/c1-8-6-4-5-7-9(8,2)3;1-3-2/h8H,4-7H2,1-3H3;3H,1-2H3. The van der Waals surface area contributed by atoms with Gasteiger partial charge in [-0.1, -0.05) is 45.3 Å². The van der Waals surface area contributed by atoms with Crippen molar-refractivity contribution in [1.82, 2.24) is 5.32 Å². The Balaban J connectivity index is 0.000000354. The third kappa shape index (κ3) is 4.26. The van der Waals surface area contributed by atoms with Crippen molar-refractivity contribution < 1.29 is 0 Å². The molecule has 1 fully saturated rings. The van der Waals surface area contributed by atoms with Crippen LogP contribution in [0.2, 0.25) is 24.7 Å². The van der Waals surface area contributed by atoms with Gasteiger partial charge < -0.3 is 5.32 Å². The van der Waals surface area contributed by atoms with Crippen molar-refractivity contribution in [2.75, 3.05) is 14.1 Å². The molecule has 1 unspecified atom stereocenters. The average Bonchev–Trinajstić information content (AvgIpc) is 1.97. The van der Waals surface area contributed by atoms with Crippen LogP contribution in [0.5, 0.6) is 0 Å². The fraction of sp³-hybridized carbons (Fsp3) is 1.00. The van der Waals surface area contributed by atoms with Gasteiger partial charge in [0.05, 0.1) is 8.07 Å². The van der Waals surface area contributed by atoms with Gasteiger partial charge in [-0.25, -0.2) is 0 Å². The first kappa shape index (κ1) is 12.2. The minimum absolute atomic E-state index is 0.694. The zero-order valence-corrected chi connectivity index (χ0v) is 10.4. The summed E-state index contributed by atoms with van der Waals surface area (Å²) >= 11 is 0. The Bertz CT molecular complexity index is 112. The van der Waals surface area contributed by atoms with Crippen molar-refractivity contribution >= 4 is 8.07 Å². The van der Waals surface area contributed by atoms with E-state index in [1.807, 2.05) is 14.1 Å². The van der Waals surface area contributed by atoms with Crippen LogP contribution in [0.25, 0.3) is 0 Å². The lowest BCUT2D eigenvalue weighted by atomic mass is 10.2. The quantitative estimate of drug-likeness (QED) is 0.575. The van der Waals surface area contributed by atoms with E-state index in [9.17, 15) is 0 Å². The van der Waals surface area contributed by atoms with Gasteiger partial charge in [-0.2, -0.15) is 0 Å². The molecule has 0 aromatic carbocycles. The molecule has 0 bridgehead atoms. The van der Waals surface area contributed by atoms with Gasteiger partial charge in [0.1, 0.15) is 0 Å². The summed E-state index contributed by atoms with van der Waals surface area (Å²) in [6, 6.07) is 1.58. The van der Waals surface area contributed by atoms with E-state index in [0.717, 1.165) is 5.54 Å². The first-order chi connectivity index (χ1) is 5.54. The minimum atomic E-state index is -0.694. The Morgan fingerprint density at radius 1 is 1.17 bits per heavy atom. The second-order valence-electron chi connectivity index (χ2n) is 4.64. The summed E-state index contributed by atoms with van der Waals surface area (Å²) in [5.41, 5.74) is 1.09. The largest absolute Gasteiger partial charge is 0.323 e. The fourth-order valence-electron chi connectivity index (χ4n) is 1.67. The molecule has 1 N–H and O–H groups in total. The molecule has 2 heteroatoms. The van der Waals surface area contributed by atoms with Crippen molar-refractivity contribution in [3.05, 3.63) is 0 Å². The maximum atomic E-state index is 2.75. The molecule has 1 heterocycles. The molecule has 1 rings (SSSR count). The molecule has 0 aromatic heterocycles. The molecule has 1 saturated heterocycles. The highest BCUT2D eigenvalue weighted by molar-refractivity contribution is 6.78. The molecule has 0 amide bonds. The first-order valence-electron chi connectivity index (χ1n) is 5.13. The minimum Gasteiger partial charge on any atom is -0.323 e. The van der Waals surface area contributed by atoms with E-state index in [2.05, 4.69) is 25.3 Å². The number of nitrogens with one attached hydrogen (secondary N) is 1. The van der Waals surface area contributed by atoms with Gasteiger partial charge >= 0.3 is 0 Å². The summed E-state index contributed by atoms with van der Waals surface area (Å²) in [6.07, 6.45) is 4.53. The van der Waals surface area contributed by atoms with Crippen molar-refractivity contribution in [1.29, 1.82) is 0 Å². The van der Waals surface area contributed by atoms with Gasteiger partial charge in [0.15, 0.2) is 0 Å². The zero-order valence-electron chi connectivity index (χ0n) is 9.41. The monoisotopic (exact) mass is 187 g/mol. The second kappa shape index (κ2) is 5.76. The molecule has 0 aliphatic carbocycles.